The van der Waals surface area contributed by atoms with Crippen LogP contribution >= 0.6 is 0 Å². The van der Waals surface area contributed by atoms with Gasteiger partial charge in [-0.25, -0.2) is 4.79 Å². The molecule has 0 bridgehead atoms. The summed E-state index contributed by atoms with van der Waals surface area (Å²) >= 11 is 0. The average molecular weight is 807 g/mol. The molecule has 12 heteroatoms. The first kappa shape index (κ1) is 48.4. The van der Waals surface area contributed by atoms with Crippen molar-refractivity contribution in [3.63, 3.8) is 0 Å². The molecule has 2 saturated heterocycles. The summed E-state index contributed by atoms with van der Waals surface area (Å²) in [6, 6.07) is 0. The van der Waals surface area contributed by atoms with Gasteiger partial charge in [0.1, 0.15) is 30.5 Å². The van der Waals surface area contributed by atoms with Crippen LogP contribution in [0, 0.1) is 0 Å². The van der Waals surface area contributed by atoms with Crippen LogP contribution in [-0.2, 0) is 57.1 Å². The molecule has 3 heterocycles. The summed E-state index contributed by atoms with van der Waals surface area (Å²) in [4.78, 5) is 60.1. The number of carbonyl (C=O) groups excluding carboxylic acids is 5. The average Bonchev–Trinajstić information content (AvgIpc) is 3.89. The standard InChI is InChI=1S/C45H74O12/c1-7-8-9-10-11-12-13-14-15-19-22-39(54-34(5)48)41-25-27-43(56-41)44-28-26-42(57-44)40(55-35(6)49)24-23-37(52-32(3)46)20-17-16-18-21-38(53-33(4)47)30-36-29-31(2)51-45(36)50/h29,31,37-44H,7-28,30H2,1-6H3/t31?,37?,38?,39-,40-,41-,42-,43-,44-/m0/s1. The first-order chi connectivity index (χ1) is 27.3. The fourth-order valence-electron chi connectivity index (χ4n) is 8.60. The van der Waals surface area contributed by atoms with Crippen LogP contribution < -0.4 is 0 Å². The normalized spacial score (nSPS) is 23.9. The molecule has 0 aliphatic carbocycles. The number of unbranched alkanes of at least 4 members (excludes halogenated alkanes) is 11. The smallest absolute Gasteiger partial charge is 0.334 e. The van der Waals surface area contributed by atoms with Gasteiger partial charge in [-0.3, -0.25) is 19.2 Å². The number of carbonyl (C=O) groups is 5. The third-order valence-corrected chi connectivity index (χ3v) is 11.3. The van der Waals surface area contributed by atoms with Crippen molar-refractivity contribution in [2.75, 3.05) is 0 Å². The van der Waals surface area contributed by atoms with Gasteiger partial charge in [0.05, 0.1) is 24.4 Å². The van der Waals surface area contributed by atoms with Crippen LogP contribution in [0.2, 0.25) is 0 Å². The van der Waals surface area contributed by atoms with Crippen LogP contribution in [0.25, 0.3) is 0 Å². The minimum Gasteiger partial charge on any atom is -0.463 e. The summed E-state index contributed by atoms with van der Waals surface area (Å²) in [7, 11) is 0. The van der Waals surface area contributed by atoms with E-state index in [0.29, 0.717) is 44.1 Å². The monoisotopic (exact) mass is 807 g/mol. The van der Waals surface area contributed by atoms with E-state index in [-0.39, 0.29) is 66.6 Å². The second kappa shape index (κ2) is 26.9. The van der Waals surface area contributed by atoms with E-state index in [9.17, 15) is 24.0 Å². The number of esters is 5. The molecule has 0 aromatic carbocycles. The topological polar surface area (TPSA) is 150 Å². The van der Waals surface area contributed by atoms with E-state index >= 15 is 0 Å². The Labute approximate surface area is 342 Å². The third-order valence-electron chi connectivity index (χ3n) is 11.3. The van der Waals surface area contributed by atoms with Gasteiger partial charge in [-0.1, -0.05) is 71.1 Å². The molecule has 0 spiro atoms. The molecular weight excluding hydrogens is 732 g/mol. The molecule has 0 amide bonds. The molecule has 2 fully saturated rings. The van der Waals surface area contributed by atoms with Gasteiger partial charge in [-0.2, -0.15) is 0 Å². The van der Waals surface area contributed by atoms with Crippen LogP contribution in [0.15, 0.2) is 11.6 Å². The summed E-state index contributed by atoms with van der Waals surface area (Å²) in [6.07, 6.45) is 20.5. The van der Waals surface area contributed by atoms with E-state index in [1.807, 2.05) is 0 Å². The van der Waals surface area contributed by atoms with Crippen LogP contribution in [0.3, 0.4) is 0 Å². The quantitative estimate of drug-likeness (QED) is 0.0403. The number of hydrogen-bond acceptors (Lipinski definition) is 12. The Kier molecular flexibility index (Phi) is 22.8. The summed E-state index contributed by atoms with van der Waals surface area (Å²) in [5.74, 6) is -1.79. The van der Waals surface area contributed by atoms with Gasteiger partial charge in [0.15, 0.2) is 0 Å². The lowest BCUT2D eigenvalue weighted by Crippen LogP contribution is -2.36. The third kappa shape index (κ3) is 19.5. The summed E-state index contributed by atoms with van der Waals surface area (Å²) in [5.41, 5.74) is 0.534. The van der Waals surface area contributed by atoms with E-state index < -0.39 is 18.2 Å². The van der Waals surface area contributed by atoms with E-state index in [4.69, 9.17) is 33.2 Å². The van der Waals surface area contributed by atoms with Gasteiger partial charge in [0, 0.05) is 39.7 Å². The Balaban J connectivity index is 1.44. The second-order valence-electron chi connectivity index (χ2n) is 16.5. The molecule has 12 nitrogen and oxygen atoms in total. The minimum absolute atomic E-state index is 0.120. The highest BCUT2D eigenvalue weighted by atomic mass is 16.6. The fraction of sp³-hybridized carbons (Fsp3) is 0.844. The van der Waals surface area contributed by atoms with Gasteiger partial charge in [0.2, 0.25) is 0 Å². The highest BCUT2D eigenvalue weighted by Crippen LogP contribution is 2.36. The zero-order valence-electron chi connectivity index (χ0n) is 35.9. The lowest BCUT2D eigenvalue weighted by Gasteiger charge is -2.28. The Morgan fingerprint density at radius 1 is 0.579 bits per heavy atom. The first-order valence-corrected chi connectivity index (χ1v) is 22.3. The van der Waals surface area contributed by atoms with Crippen LogP contribution in [0.4, 0.5) is 0 Å². The van der Waals surface area contributed by atoms with Crippen LogP contribution in [-0.4, -0.2) is 84.8 Å². The lowest BCUT2D eigenvalue weighted by molar-refractivity contribution is -0.165. The number of cyclic esters (lactones) is 1. The van der Waals surface area contributed by atoms with Crippen molar-refractivity contribution in [1.82, 2.24) is 0 Å². The molecule has 57 heavy (non-hydrogen) atoms. The number of hydrogen-bond donors (Lipinski definition) is 0. The van der Waals surface area contributed by atoms with E-state index in [0.717, 1.165) is 57.8 Å². The number of ether oxygens (including phenoxy) is 7. The van der Waals surface area contributed by atoms with Crippen LogP contribution in [0.5, 0.6) is 0 Å². The lowest BCUT2D eigenvalue weighted by atomic mass is 9.98. The second-order valence-corrected chi connectivity index (χ2v) is 16.5. The molecule has 3 aliphatic heterocycles. The zero-order valence-corrected chi connectivity index (χ0v) is 35.9. The molecule has 3 unspecified atom stereocenters. The maximum atomic E-state index is 12.2. The molecule has 0 aromatic heterocycles. The summed E-state index contributed by atoms with van der Waals surface area (Å²) < 4.78 is 41.0. The molecule has 3 aliphatic rings. The van der Waals surface area contributed by atoms with Gasteiger partial charge in [-0.15, -0.1) is 0 Å². The highest BCUT2D eigenvalue weighted by molar-refractivity contribution is 5.91. The van der Waals surface area contributed by atoms with Crippen molar-refractivity contribution in [1.29, 1.82) is 0 Å². The predicted molar refractivity (Wildman–Crippen MR) is 215 cm³/mol. The molecule has 0 aromatic rings. The van der Waals surface area contributed by atoms with E-state index in [1.54, 1.807) is 13.0 Å². The SMILES string of the molecule is CCCCCCCCCCCC[C@H](OC(C)=O)[C@@H]1CC[C@@H]([C@@H]2CC[C@@H]([C@H](CCC(CCCCCC(CC3=CC(C)OC3=O)OC(C)=O)OC(C)=O)OC(C)=O)O2)O1. The zero-order chi connectivity index (χ0) is 41.6. The molecular formula is C45H74O12. The van der Waals surface area contributed by atoms with Gasteiger partial charge in [-0.05, 0) is 90.0 Å². The maximum absolute atomic E-state index is 12.2. The van der Waals surface area contributed by atoms with Crippen molar-refractivity contribution in [2.24, 2.45) is 0 Å². The highest BCUT2D eigenvalue weighted by Gasteiger charge is 2.43. The van der Waals surface area contributed by atoms with Crippen molar-refractivity contribution in [3.8, 4) is 0 Å². The Bertz CT molecular complexity index is 1260. The van der Waals surface area contributed by atoms with Crippen LogP contribution in [0.1, 0.15) is 189 Å². The molecule has 0 N–H and O–H groups in total. The molecule has 326 valence electrons. The Morgan fingerprint density at radius 2 is 1.02 bits per heavy atom. The predicted octanol–water partition coefficient (Wildman–Crippen LogP) is 9.11. The van der Waals surface area contributed by atoms with Crippen molar-refractivity contribution >= 4 is 29.8 Å². The molecule has 3 rings (SSSR count). The first-order valence-electron chi connectivity index (χ1n) is 22.3. The summed E-state index contributed by atoms with van der Waals surface area (Å²) in [6.45, 7) is 9.65. The van der Waals surface area contributed by atoms with Gasteiger partial charge >= 0.3 is 29.8 Å². The van der Waals surface area contributed by atoms with Gasteiger partial charge < -0.3 is 33.2 Å². The Morgan fingerprint density at radius 3 is 1.51 bits per heavy atom. The van der Waals surface area contributed by atoms with Crippen molar-refractivity contribution in [3.05, 3.63) is 11.6 Å². The Hall–Kier alpha value is -2.99. The van der Waals surface area contributed by atoms with E-state index in [2.05, 4.69) is 6.92 Å². The fourth-order valence-corrected chi connectivity index (χ4v) is 8.60. The number of rotatable bonds is 29. The molecule has 0 radical (unpaired) electrons. The van der Waals surface area contributed by atoms with Crippen molar-refractivity contribution in [2.45, 2.75) is 244 Å². The van der Waals surface area contributed by atoms with E-state index in [1.165, 1.54) is 79.1 Å². The molecule has 9 atom stereocenters. The van der Waals surface area contributed by atoms with Crippen molar-refractivity contribution < 1.29 is 57.1 Å². The minimum atomic E-state index is -0.489. The molecule has 0 saturated carbocycles. The maximum Gasteiger partial charge on any atom is 0.334 e. The largest absolute Gasteiger partial charge is 0.463 e. The van der Waals surface area contributed by atoms with Gasteiger partial charge in [0.25, 0.3) is 0 Å². The summed E-state index contributed by atoms with van der Waals surface area (Å²) in [5, 5.41) is 0.